The molecule has 1 heterocycles. The summed E-state index contributed by atoms with van der Waals surface area (Å²) in [6.45, 7) is 3.21. The minimum absolute atomic E-state index is 0.376. The maximum Gasteiger partial charge on any atom is 0.179 e. The molecule has 0 saturated carbocycles. The summed E-state index contributed by atoms with van der Waals surface area (Å²) in [6, 6.07) is 2.41. The second-order valence-corrected chi connectivity index (χ2v) is 5.26. The number of halogens is 1. The summed E-state index contributed by atoms with van der Waals surface area (Å²) in [5.74, 6) is 1.42. The number of hydrogen-bond acceptors (Lipinski definition) is 3. The van der Waals surface area contributed by atoms with Crippen LogP contribution in [-0.2, 0) is 6.42 Å². The molecule has 1 atom stereocenters. The second kappa shape index (κ2) is 6.49. The van der Waals surface area contributed by atoms with Crippen molar-refractivity contribution in [3.05, 3.63) is 22.2 Å². The van der Waals surface area contributed by atoms with Gasteiger partial charge in [-0.25, -0.2) is 0 Å². The molecule has 1 N–H and O–H groups in total. The van der Waals surface area contributed by atoms with E-state index in [2.05, 4.69) is 12.2 Å². The lowest BCUT2D eigenvalue weighted by Gasteiger charge is -2.27. The van der Waals surface area contributed by atoms with Gasteiger partial charge in [-0.1, -0.05) is 24.9 Å². The van der Waals surface area contributed by atoms with Crippen molar-refractivity contribution in [3.63, 3.8) is 0 Å². The molecule has 0 bridgehead atoms. The van der Waals surface area contributed by atoms with Gasteiger partial charge in [-0.2, -0.15) is 0 Å². The van der Waals surface area contributed by atoms with Crippen molar-refractivity contribution >= 4 is 11.6 Å². The Kier molecular flexibility index (Phi) is 4.94. The number of hydrogen-bond donors (Lipinski definition) is 1. The predicted octanol–water partition coefficient (Wildman–Crippen LogP) is 3.73. The van der Waals surface area contributed by atoms with Crippen LogP contribution < -0.4 is 14.8 Å². The Bertz CT molecular complexity index is 442. The number of piperidine rings is 1. The fraction of sp³-hybridized carbons (Fsp3) is 0.600. The monoisotopic (exact) mass is 283 g/mol. The van der Waals surface area contributed by atoms with Gasteiger partial charge in [0.05, 0.1) is 19.2 Å². The van der Waals surface area contributed by atoms with Crippen LogP contribution >= 0.6 is 11.6 Å². The Morgan fingerprint density at radius 3 is 2.53 bits per heavy atom. The zero-order valence-corrected chi connectivity index (χ0v) is 12.6. The summed E-state index contributed by atoms with van der Waals surface area (Å²) in [4.78, 5) is 0. The van der Waals surface area contributed by atoms with Crippen molar-refractivity contribution in [1.82, 2.24) is 5.32 Å². The summed E-state index contributed by atoms with van der Waals surface area (Å²) < 4.78 is 10.9. The molecule has 0 aliphatic carbocycles. The van der Waals surface area contributed by atoms with Gasteiger partial charge in [0.2, 0.25) is 0 Å². The van der Waals surface area contributed by atoms with Crippen LogP contribution in [0.3, 0.4) is 0 Å². The molecular formula is C15H22ClNO2. The van der Waals surface area contributed by atoms with Crippen molar-refractivity contribution in [2.75, 3.05) is 20.8 Å². The molecule has 19 heavy (non-hydrogen) atoms. The summed E-state index contributed by atoms with van der Waals surface area (Å²) in [5, 5.41) is 4.20. The fourth-order valence-corrected chi connectivity index (χ4v) is 3.15. The van der Waals surface area contributed by atoms with Gasteiger partial charge in [0.15, 0.2) is 11.5 Å². The van der Waals surface area contributed by atoms with Gasteiger partial charge >= 0.3 is 0 Å². The molecule has 1 saturated heterocycles. The van der Waals surface area contributed by atoms with Gasteiger partial charge in [-0.3, -0.25) is 0 Å². The van der Waals surface area contributed by atoms with Crippen LogP contribution in [0, 0.1) is 0 Å². The Labute approximate surface area is 120 Å². The summed E-state index contributed by atoms with van der Waals surface area (Å²) in [5.41, 5.74) is 2.45. The topological polar surface area (TPSA) is 30.5 Å². The SMILES string of the molecule is CCc1c(C2CCCCN2)cc(Cl)c(OC)c1OC. The van der Waals surface area contributed by atoms with Gasteiger partial charge in [0.1, 0.15) is 0 Å². The summed E-state index contributed by atoms with van der Waals surface area (Å²) in [7, 11) is 3.30. The highest BCUT2D eigenvalue weighted by Crippen LogP contribution is 2.43. The Hall–Kier alpha value is -0.930. The largest absolute Gasteiger partial charge is 0.493 e. The minimum Gasteiger partial charge on any atom is -0.493 e. The lowest BCUT2D eigenvalue weighted by Crippen LogP contribution is -2.27. The molecule has 0 amide bonds. The number of benzene rings is 1. The highest BCUT2D eigenvalue weighted by Gasteiger charge is 2.23. The number of ether oxygens (including phenoxy) is 2. The second-order valence-electron chi connectivity index (χ2n) is 4.85. The highest BCUT2D eigenvalue weighted by atomic mass is 35.5. The van der Waals surface area contributed by atoms with E-state index in [0.717, 1.165) is 25.1 Å². The van der Waals surface area contributed by atoms with Crippen LogP contribution in [0.4, 0.5) is 0 Å². The van der Waals surface area contributed by atoms with E-state index in [1.54, 1.807) is 14.2 Å². The molecule has 2 rings (SSSR count). The molecule has 4 heteroatoms. The molecule has 1 aromatic carbocycles. The van der Waals surface area contributed by atoms with Gasteiger partial charge in [0.25, 0.3) is 0 Å². The summed E-state index contributed by atoms with van der Waals surface area (Å²) in [6.07, 6.45) is 4.56. The first-order chi connectivity index (χ1) is 9.22. The lowest BCUT2D eigenvalue weighted by molar-refractivity contribution is 0.348. The van der Waals surface area contributed by atoms with E-state index in [-0.39, 0.29) is 0 Å². The van der Waals surface area contributed by atoms with E-state index >= 15 is 0 Å². The lowest BCUT2D eigenvalue weighted by atomic mass is 9.91. The molecule has 106 valence electrons. The molecule has 0 aromatic heterocycles. The van der Waals surface area contributed by atoms with E-state index in [4.69, 9.17) is 21.1 Å². The maximum atomic E-state index is 6.33. The number of rotatable bonds is 4. The molecule has 3 nitrogen and oxygen atoms in total. The number of methoxy groups -OCH3 is 2. The molecule has 0 spiro atoms. The zero-order valence-electron chi connectivity index (χ0n) is 11.9. The third kappa shape index (κ3) is 2.82. The van der Waals surface area contributed by atoms with Crippen molar-refractivity contribution in [1.29, 1.82) is 0 Å². The Morgan fingerprint density at radius 1 is 1.26 bits per heavy atom. The average Bonchev–Trinajstić information content (AvgIpc) is 2.46. The predicted molar refractivity (Wildman–Crippen MR) is 78.5 cm³/mol. The third-order valence-electron chi connectivity index (χ3n) is 3.78. The highest BCUT2D eigenvalue weighted by molar-refractivity contribution is 6.32. The molecule has 1 aromatic rings. The van der Waals surface area contributed by atoms with Gasteiger partial charge < -0.3 is 14.8 Å². The fourth-order valence-electron chi connectivity index (χ4n) is 2.86. The average molecular weight is 284 g/mol. The van der Waals surface area contributed by atoms with Crippen LogP contribution in [0.25, 0.3) is 0 Å². The zero-order chi connectivity index (χ0) is 13.8. The van der Waals surface area contributed by atoms with Crippen LogP contribution in [0.15, 0.2) is 6.07 Å². The third-order valence-corrected chi connectivity index (χ3v) is 4.06. The quantitative estimate of drug-likeness (QED) is 0.913. The van der Waals surface area contributed by atoms with Crippen molar-refractivity contribution < 1.29 is 9.47 Å². The van der Waals surface area contributed by atoms with Crippen LogP contribution in [0.2, 0.25) is 5.02 Å². The van der Waals surface area contributed by atoms with Gasteiger partial charge in [-0.05, 0) is 37.4 Å². The van der Waals surface area contributed by atoms with Crippen LogP contribution in [-0.4, -0.2) is 20.8 Å². The van der Waals surface area contributed by atoms with E-state index in [9.17, 15) is 0 Å². The first-order valence-corrected chi connectivity index (χ1v) is 7.27. The van der Waals surface area contributed by atoms with Crippen LogP contribution in [0.5, 0.6) is 11.5 Å². The van der Waals surface area contributed by atoms with Crippen molar-refractivity contribution in [3.8, 4) is 11.5 Å². The standard InChI is InChI=1S/C15H22ClNO2/c1-4-10-11(13-7-5-6-8-17-13)9-12(16)15(19-3)14(10)18-2/h9,13,17H,4-8H2,1-3H3. The molecule has 1 unspecified atom stereocenters. The Morgan fingerprint density at radius 2 is 2.00 bits per heavy atom. The van der Waals surface area contributed by atoms with E-state index < -0.39 is 0 Å². The van der Waals surface area contributed by atoms with Crippen molar-refractivity contribution in [2.45, 2.75) is 38.6 Å². The molecule has 1 fully saturated rings. The first kappa shape index (κ1) is 14.5. The van der Waals surface area contributed by atoms with E-state index in [0.29, 0.717) is 16.8 Å². The molecular weight excluding hydrogens is 262 g/mol. The van der Waals surface area contributed by atoms with E-state index in [1.165, 1.54) is 24.0 Å². The molecule has 0 radical (unpaired) electrons. The maximum absolute atomic E-state index is 6.33. The number of nitrogens with one attached hydrogen (secondary N) is 1. The van der Waals surface area contributed by atoms with E-state index in [1.807, 2.05) is 6.07 Å². The minimum atomic E-state index is 0.376. The normalized spacial score (nSPS) is 19.3. The van der Waals surface area contributed by atoms with Gasteiger partial charge in [0, 0.05) is 11.6 Å². The smallest absolute Gasteiger partial charge is 0.179 e. The first-order valence-electron chi connectivity index (χ1n) is 6.89. The summed E-state index contributed by atoms with van der Waals surface area (Å²) >= 11 is 6.33. The molecule has 1 aliphatic rings. The van der Waals surface area contributed by atoms with Crippen LogP contribution in [0.1, 0.15) is 43.4 Å². The van der Waals surface area contributed by atoms with Crippen molar-refractivity contribution in [2.24, 2.45) is 0 Å². The molecule has 1 aliphatic heterocycles. The van der Waals surface area contributed by atoms with Gasteiger partial charge in [-0.15, -0.1) is 0 Å². The Balaban J connectivity index is 2.50.